The van der Waals surface area contributed by atoms with Crippen LogP contribution in [0.15, 0.2) is 46.9 Å². The third kappa shape index (κ3) is 1.75. The van der Waals surface area contributed by atoms with E-state index in [4.69, 9.17) is 0 Å². The largest absolute Gasteiger partial charge is 0.478 e. The van der Waals surface area contributed by atoms with Crippen molar-refractivity contribution in [3.8, 4) is 0 Å². The fraction of sp³-hybridized carbons (Fsp3) is 0.176. The first-order valence-electron chi connectivity index (χ1n) is 6.97. The van der Waals surface area contributed by atoms with Crippen LogP contribution in [0.5, 0.6) is 0 Å². The van der Waals surface area contributed by atoms with Crippen molar-refractivity contribution >= 4 is 33.5 Å². The summed E-state index contributed by atoms with van der Waals surface area (Å²) in [6.07, 6.45) is 0.714. The molecule has 2 aromatic rings. The van der Waals surface area contributed by atoms with Gasteiger partial charge in [0.2, 0.25) is 5.91 Å². The quantitative estimate of drug-likeness (QED) is 0.863. The van der Waals surface area contributed by atoms with Crippen LogP contribution in [-0.4, -0.2) is 17.0 Å². The predicted molar refractivity (Wildman–Crippen MR) is 85.2 cm³/mol. The molecule has 0 aromatic heterocycles. The summed E-state index contributed by atoms with van der Waals surface area (Å²) in [5.41, 5.74) is 2.24. The summed E-state index contributed by atoms with van der Waals surface area (Å²) < 4.78 is 0.977. The number of fused-ring (bicyclic) bond motifs is 2. The number of aromatic carboxylic acids is 1. The molecule has 4 rings (SSSR count). The van der Waals surface area contributed by atoms with Gasteiger partial charge in [-0.1, -0.05) is 28.1 Å². The highest BCUT2D eigenvalue weighted by atomic mass is 79.9. The third-order valence-corrected chi connectivity index (χ3v) is 5.11. The molecule has 0 radical (unpaired) electrons. The van der Waals surface area contributed by atoms with Gasteiger partial charge in [-0.05, 0) is 47.9 Å². The monoisotopic (exact) mass is 357 g/mol. The summed E-state index contributed by atoms with van der Waals surface area (Å²) in [5, 5.41) is 12.1. The van der Waals surface area contributed by atoms with Crippen LogP contribution >= 0.6 is 15.9 Å². The second-order valence-corrected chi connectivity index (χ2v) is 6.72. The topological polar surface area (TPSA) is 66.4 Å². The molecule has 5 heteroatoms. The average molecular weight is 358 g/mol. The molecule has 0 unspecified atom stereocenters. The van der Waals surface area contributed by atoms with Crippen LogP contribution in [0.25, 0.3) is 0 Å². The Morgan fingerprint density at radius 1 is 1.27 bits per heavy atom. The van der Waals surface area contributed by atoms with Crippen molar-refractivity contribution in [2.45, 2.75) is 17.8 Å². The van der Waals surface area contributed by atoms with Gasteiger partial charge in [0.1, 0.15) is 0 Å². The SMILES string of the molecule is O=C(O)c1ccc2c(c1)[C@@]1(C[C@@H]1c1cccc(Br)c1)C(=O)N2. The lowest BCUT2D eigenvalue weighted by Gasteiger charge is -2.09. The van der Waals surface area contributed by atoms with Crippen molar-refractivity contribution in [3.05, 3.63) is 63.6 Å². The fourth-order valence-electron chi connectivity index (χ4n) is 3.45. The second kappa shape index (κ2) is 4.43. The van der Waals surface area contributed by atoms with E-state index < -0.39 is 11.4 Å². The molecule has 1 aliphatic carbocycles. The Hall–Kier alpha value is -2.14. The van der Waals surface area contributed by atoms with Crippen LogP contribution in [0.2, 0.25) is 0 Å². The molecule has 4 nitrogen and oxygen atoms in total. The fourth-order valence-corrected chi connectivity index (χ4v) is 3.87. The number of hydrogen-bond donors (Lipinski definition) is 2. The first kappa shape index (κ1) is 13.5. The van der Waals surface area contributed by atoms with Crippen LogP contribution in [0.3, 0.4) is 0 Å². The lowest BCUT2D eigenvalue weighted by atomic mass is 9.91. The van der Waals surface area contributed by atoms with Gasteiger partial charge in [-0.25, -0.2) is 4.79 Å². The second-order valence-electron chi connectivity index (χ2n) is 5.80. The van der Waals surface area contributed by atoms with Gasteiger partial charge in [-0.2, -0.15) is 0 Å². The number of nitrogens with one attached hydrogen (secondary N) is 1. The number of halogens is 1. The molecule has 2 atom stereocenters. The van der Waals surface area contributed by atoms with Crippen molar-refractivity contribution < 1.29 is 14.7 Å². The minimum Gasteiger partial charge on any atom is -0.478 e. The Bertz CT molecular complexity index is 832. The molecule has 2 aliphatic rings. The molecule has 2 N–H and O–H groups in total. The third-order valence-electron chi connectivity index (χ3n) is 4.61. The summed E-state index contributed by atoms with van der Waals surface area (Å²) in [7, 11) is 0. The maximum Gasteiger partial charge on any atom is 0.335 e. The normalized spacial score (nSPS) is 25.0. The smallest absolute Gasteiger partial charge is 0.335 e. The van der Waals surface area contributed by atoms with E-state index in [1.165, 1.54) is 6.07 Å². The molecular weight excluding hydrogens is 346 g/mol. The Morgan fingerprint density at radius 2 is 2.09 bits per heavy atom. The first-order valence-corrected chi connectivity index (χ1v) is 7.76. The maximum absolute atomic E-state index is 12.5. The number of hydrogen-bond acceptors (Lipinski definition) is 2. The highest BCUT2D eigenvalue weighted by Gasteiger charge is 2.65. The van der Waals surface area contributed by atoms with Gasteiger partial charge < -0.3 is 10.4 Å². The van der Waals surface area contributed by atoms with Gasteiger partial charge in [-0.3, -0.25) is 4.79 Å². The molecule has 2 aromatic carbocycles. The molecule has 0 bridgehead atoms. The number of rotatable bonds is 2. The summed E-state index contributed by atoms with van der Waals surface area (Å²) in [6.45, 7) is 0. The van der Waals surface area contributed by atoms with Gasteiger partial charge in [0.05, 0.1) is 11.0 Å². The van der Waals surface area contributed by atoms with Crippen molar-refractivity contribution in [1.82, 2.24) is 0 Å². The van der Waals surface area contributed by atoms with Crippen LogP contribution in [0.4, 0.5) is 5.69 Å². The molecule has 1 saturated carbocycles. The molecule has 110 valence electrons. The van der Waals surface area contributed by atoms with E-state index in [1.54, 1.807) is 12.1 Å². The standard InChI is InChI=1S/C17H12BrNO3/c18-11-3-1-2-9(6-11)13-8-17(13)12-7-10(15(20)21)4-5-14(12)19-16(17)22/h1-7,13H,8H2,(H,19,22)(H,20,21)/t13-,17-/m1/s1. The number of carbonyl (C=O) groups excluding carboxylic acids is 1. The number of carboxylic acid groups (broad SMARTS) is 1. The van der Waals surface area contributed by atoms with Crippen LogP contribution < -0.4 is 5.32 Å². The van der Waals surface area contributed by atoms with E-state index in [0.29, 0.717) is 6.42 Å². The Balaban J connectivity index is 1.81. The highest BCUT2D eigenvalue weighted by Crippen LogP contribution is 2.65. The zero-order valence-electron chi connectivity index (χ0n) is 11.5. The number of amides is 1. The minimum absolute atomic E-state index is 0.0324. The lowest BCUT2D eigenvalue weighted by molar-refractivity contribution is -0.118. The Morgan fingerprint density at radius 3 is 2.82 bits per heavy atom. The van der Waals surface area contributed by atoms with Crippen molar-refractivity contribution in [1.29, 1.82) is 0 Å². The maximum atomic E-state index is 12.5. The number of anilines is 1. The molecule has 1 fully saturated rings. The van der Waals surface area contributed by atoms with E-state index in [1.807, 2.05) is 24.3 Å². The molecule has 1 amide bonds. The molecule has 22 heavy (non-hydrogen) atoms. The molecular formula is C17H12BrNO3. The highest BCUT2D eigenvalue weighted by molar-refractivity contribution is 9.10. The number of benzene rings is 2. The van der Waals surface area contributed by atoms with E-state index in [0.717, 1.165) is 21.3 Å². The predicted octanol–water partition coefficient (Wildman–Crippen LogP) is 3.52. The number of carboxylic acids is 1. The van der Waals surface area contributed by atoms with Crippen molar-refractivity contribution in [2.24, 2.45) is 0 Å². The van der Waals surface area contributed by atoms with E-state index >= 15 is 0 Å². The van der Waals surface area contributed by atoms with Crippen LogP contribution in [-0.2, 0) is 10.2 Å². The molecule has 1 heterocycles. The van der Waals surface area contributed by atoms with Gasteiger partial charge in [0.15, 0.2) is 0 Å². The van der Waals surface area contributed by atoms with Crippen LogP contribution in [0.1, 0.15) is 33.8 Å². The number of carbonyl (C=O) groups is 2. The lowest BCUT2D eigenvalue weighted by Crippen LogP contribution is -2.21. The zero-order valence-corrected chi connectivity index (χ0v) is 13.1. The van der Waals surface area contributed by atoms with Gasteiger partial charge in [0, 0.05) is 16.1 Å². The van der Waals surface area contributed by atoms with Crippen molar-refractivity contribution in [2.75, 3.05) is 5.32 Å². The summed E-state index contributed by atoms with van der Waals surface area (Å²) in [4.78, 5) is 23.7. The first-order chi connectivity index (χ1) is 10.5. The zero-order chi connectivity index (χ0) is 15.5. The van der Waals surface area contributed by atoms with Gasteiger partial charge in [-0.15, -0.1) is 0 Å². The molecule has 1 aliphatic heterocycles. The van der Waals surface area contributed by atoms with E-state index in [2.05, 4.69) is 21.2 Å². The van der Waals surface area contributed by atoms with Gasteiger partial charge in [0.25, 0.3) is 0 Å². The average Bonchev–Trinajstić information content (AvgIpc) is 3.17. The summed E-state index contributed by atoms with van der Waals surface area (Å²) >= 11 is 3.45. The van der Waals surface area contributed by atoms with Crippen LogP contribution in [0, 0.1) is 0 Å². The summed E-state index contributed by atoms with van der Waals surface area (Å²) in [5.74, 6) is -0.915. The molecule has 1 spiro atoms. The Labute approximate surface area is 135 Å². The van der Waals surface area contributed by atoms with Crippen molar-refractivity contribution in [3.63, 3.8) is 0 Å². The molecule has 0 saturated heterocycles. The minimum atomic E-state index is -0.975. The van der Waals surface area contributed by atoms with E-state index in [9.17, 15) is 14.7 Å². The van der Waals surface area contributed by atoms with Gasteiger partial charge >= 0.3 is 5.97 Å². The summed E-state index contributed by atoms with van der Waals surface area (Å²) in [6, 6.07) is 12.8. The Kier molecular flexibility index (Phi) is 2.72. The van der Waals surface area contributed by atoms with E-state index in [-0.39, 0.29) is 17.4 Å².